The van der Waals surface area contributed by atoms with Crippen LogP contribution in [0.2, 0.25) is 0 Å². The summed E-state index contributed by atoms with van der Waals surface area (Å²) in [5.41, 5.74) is 0. The van der Waals surface area contributed by atoms with Crippen molar-refractivity contribution in [3.8, 4) is 0 Å². The Morgan fingerprint density at radius 2 is 1.13 bits per heavy atom. The van der Waals surface area contributed by atoms with E-state index in [1.807, 2.05) is 0 Å². The summed E-state index contributed by atoms with van der Waals surface area (Å²) in [5, 5.41) is 0. The maximum absolute atomic E-state index is 2.43. The smallest absolute Gasteiger partial charge is 0.0391 e. The normalized spacial score (nSPS) is 20.0. The summed E-state index contributed by atoms with van der Waals surface area (Å²) in [6.07, 6.45) is 4.13. The van der Waals surface area contributed by atoms with E-state index in [1.54, 1.807) is 0 Å². The summed E-state index contributed by atoms with van der Waals surface area (Å²) in [5.74, 6) is 4.39. The molecule has 4 unspecified atom stereocenters. The molecule has 92 valence electrons. The van der Waals surface area contributed by atoms with E-state index in [9.17, 15) is 0 Å². The fourth-order valence-corrected chi connectivity index (χ4v) is 2.05. The van der Waals surface area contributed by atoms with Gasteiger partial charge in [-0.2, -0.15) is 0 Å². The number of hydrogen-bond acceptors (Lipinski definition) is 0. The van der Waals surface area contributed by atoms with E-state index < -0.39 is 0 Å². The molecule has 0 radical (unpaired) electrons. The van der Waals surface area contributed by atoms with E-state index in [4.69, 9.17) is 0 Å². The van der Waals surface area contributed by atoms with Crippen molar-refractivity contribution < 1.29 is 0 Å². The average molecular weight is 212 g/mol. The maximum atomic E-state index is 2.43. The summed E-state index contributed by atoms with van der Waals surface area (Å²) in [4.78, 5) is 0. The molecule has 0 heteroatoms. The van der Waals surface area contributed by atoms with Crippen LogP contribution in [-0.4, -0.2) is 0 Å². The molecule has 0 rings (SSSR count). The SMILES string of the molecule is CCC(C)C(C)C(C)CCC(C)C(C)C. The van der Waals surface area contributed by atoms with Gasteiger partial charge in [0.05, 0.1) is 0 Å². The van der Waals surface area contributed by atoms with Crippen LogP contribution in [0.4, 0.5) is 0 Å². The molecule has 0 amide bonds. The van der Waals surface area contributed by atoms with E-state index in [0.29, 0.717) is 0 Å². The Labute approximate surface area is 97.8 Å². The first kappa shape index (κ1) is 15.0. The predicted molar refractivity (Wildman–Crippen MR) is 71.0 cm³/mol. The van der Waals surface area contributed by atoms with Crippen molar-refractivity contribution in [1.82, 2.24) is 0 Å². The van der Waals surface area contributed by atoms with Gasteiger partial charge in [-0.3, -0.25) is 0 Å². The molecular weight excluding hydrogens is 180 g/mol. The van der Waals surface area contributed by atoms with Gasteiger partial charge in [0.25, 0.3) is 0 Å². The maximum Gasteiger partial charge on any atom is -0.0391 e. The van der Waals surface area contributed by atoms with Gasteiger partial charge < -0.3 is 0 Å². The summed E-state index contributed by atoms with van der Waals surface area (Å²) < 4.78 is 0. The van der Waals surface area contributed by atoms with Gasteiger partial charge in [0.15, 0.2) is 0 Å². The van der Waals surface area contributed by atoms with Gasteiger partial charge >= 0.3 is 0 Å². The second kappa shape index (κ2) is 7.30. The van der Waals surface area contributed by atoms with Gasteiger partial charge in [-0.25, -0.2) is 0 Å². The molecule has 4 atom stereocenters. The largest absolute Gasteiger partial charge is 0.0651 e. The van der Waals surface area contributed by atoms with Crippen molar-refractivity contribution in [1.29, 1.82) is 0 Å². The first-order chi connectivity index (χ1) is 6.90. The molecule has 0 heterocycles. The van der Waals surface area contributed by atoms with Gasteiger partial charge in [-0.05, 0) is 29.6 Å². The van der Waals surface area contributed by atoms with Crippen LogP contribution < -0.4 is 0 Å². The van der Waals surface area contributed by atoms with Crippen molar-refractivity contribution in [2.24, 2.45) is 29.6 Å². The molecule has 0 nitrogen and oxygen atoms in total. The first-order valence-corrected chi connectivity index (χ1v) is 6.90. The standard InChI is InChI=1S/C15H32/c1-8-12(4)15(7)14(6)10-9-13(5)11(2)3/h11-15H,8-10H2,1-7H3. The number of rotatable bonds is 7. The van der Waals surface area contributed by atoms with Gasteiger partial charge in [0.2, 0.25) is 0 Å². The van der Waals surface area contributed by atoms with Crippen LogP contribution in [0.5, 0.6) is 0 Å². The molecule has 0 aromatic rings. The van der Waals surface area contributed by atoms with E-state index in [1.165, 1.54) is 19.3 Å². The molecule has 0 aromatic carbocycles. The van der Waals surface area contributed by atoms with Crippen molar-refractivity contribution in [3.63, 3.8) is 0 Å². The van der Waals surface area contributed by atoms with Crippen LogP contribution in [0, 0.1) is 29.6 Å². The van der Waals surface area contributed by atoms with Gasteiger partial charge in [-0.15, -0.1) is 0 Å². The molecular formula is C15H32. The van der Waals surface area contributed by atoms with Crippen molar-refractivity contribution in [2.45, 2.75) is 67.7 Å². The molecule has 15 heavy (non-hydrogen) atoms. The van der Waals surface area contributed by atoms with Gasteiger partial charge in [0.1, 0.15) is 0 Å². The van der Waals surface area contributed by atoms with E-state index in [0.717, 1.165) is 29.6 Å². The third-order valence-electron chi connectivity index (χ3n) is 4.65. The fourth-order valence-electron chi connectivity index (χ4n) is 2.05. The van der Waals surface area contributed by atoms with Crippen LogP contribution >= 0.6 is 0 Å². The third kappa shape index (κ3) is 5.58. The second-order valence-corrected chi connectivity index (χ2v) is 6.02. The highest BCUT2D eigenvalue weighted by molar-refractivity contribution is 4.69. The van der Waals surface area contributed by atoms with Gasteiger partial charge in [-0.1, -0.05) is 67.7 Å². The van der Waals surface area contributed by atoms with Crippen LogP contribution in [0.1, 0.15) is 67.7 Å². The number of hydrogen-bond donors (Lipinski definition) is 0. The molecule has 0 fully saturated rings. The van der Waals surface area contributed by atoms with E-state index in [-0.39, 0.29) is 0 Å². The molecule has 0 spiro atoms. The lowest BCUT2D eigenvalue weighted by Gasteiger charge is -2.27. The Morgan fingerprint density at radius 1 is 0.667 bits per heavy atom. The fraction of sp³-hybridized carbons (Fsp3) is 1.00. The molecule has 0 aliphatic rings. The molecule has 0 bridgehead atoms. The quantitative estimate of drug-likeness (QED) is 0.531. The minimum Gasteiger partial charge on any atom is -0.0651 e. The highest BCUT2D eigenvalue weighted by Crippen LogP contribution is 2.28. The minimum absolute atomic E-state index is 0.844. The summed E-state index contributed by atoms with van der Waals surface area (Å²) >= 11 is 0. The van der Waals surface area contributed by atoms with Gasteiger partial charge in [0, 0.05) is 0 Å². The third-order valence-corrected chi connectivity index (χ3v) is 4.65. The predicted octanol–water partition coefficient (Wildman–Crippen LogP) is 5.38. The lowest BCUT2D eigenvalue weighted by Crippen LogP contribution is -2.17. The van der Waals surface area contributed by atoms with Crippen LogP contribution in [0.3, 0.4) is 0 Å². The van der Waals surface area contributed by atoms with Crippen molar-refractivity contribution in [3.05, 3.63) is 0 Å². The Hall–Kier alpha value is 0. The van der Waals surface area contributed by atoms with Crippen LogP contribution in [-0.2, 0) is 0 Å². The summed E-state index contributed by atoms with van der Waals surface area (Å²) in [7, 11) is 0. The first-order valence-electron chi connectivity index (χ1n) is 6.90. The molecule has 0 aliphatic heterocycles. The summed E-state index contributed by atoms with van der Waals surface area (Å²) in [6, 6.07) is 0. The molecule has 0 saturated carbocycles. The van der Waals surface area contributed by atoms with Crippen LogP contribution in [0.15, 0.2) is 0 Å². The zero-order valence-electron chi connectivity index (χ0n) is 12.0. The zero-order valence-corrected chi connectivity index (χ0v) is 12.0. The molecule has 0 N–H and O–H groups in total. The Kier molecular flexibility index (Phi) is 7.30. The summed E-state index contributed by atoms with van der Waals surface area (Å²) in [6.45, 7) is 16.6. The molecule has 0 aromatic heterocycles. The lowest BCUT2D eigenvalue weighted by molar-refractivity contribution is 0.237. The van der Waals surface area contributed by atoms with E-state index in [2.05, 4.69) is 48.5 Å². The van der Waals surface area contributed by atoms with Crippen LogP contribution in [0.25, 0.3) is 0 Å². The zero-order chi connectivity index (χ0) is 12.0. The topological polar surface area (TPSA) is 0 Å². The van der Waals surface area contributed by atoms with E-state index >= 15 is 0 Å². The minimum atomic E-state index is 0.844. The van der Waals surface area contributed by atoms with Crippen molar-refractivity contribution in [2.75, 3.05) is 0 Å². The Balaban J connectivity index is 3.87. The second-order valence-electron chi connectivity index (χ2n) is 6.02. The monoisotopic (exact) mass is 212 g/mol. The Bertz CT molecular complexity index is 148. The average Bonchev–Trinajstić information content (AvgIpc) is 2.22. The van der Waals surface area contributed by atoms with Crippen molar-refractivity contribution >= 4 is 0 Å². The Morgan fingerprint density at radius 3 is 1.53 bits per heavy atom. The highest BCUT2D eigenvalue weighted by Gasteiger charge is 2.18. The lowest BCUT2D eigenvalue weighted by atomic mass is 9.79. The molecule has 0 saturated heterocycles. The molecule has 0 aliphatic carbocycles. The highest BCUT2D eigenvalue weighted by atomic mass is 14.2.